The van der Waals surface area contributed by atoms with Gasteiger partial charge in [-0.25, -0.2) is 0 Å². The molecule has 4 aliphatic carbocycles. The fourth-order valence-corrected chi connectivity index (χ4v) is 5.16. The van der Waals surface area contributed by atoms with Crippen LogP contribution < -0.4 is 0 Å². The Bertz CT molecular complexity index is 280. The lowest BCUT2D eigenvalue weighted by Gasteiger charge is -2.56. The van der Waals surface area contributed by atoms with E-state index in [0.29, 0.717) is 17.6 Å². The van der Waals surface area contributed by atoms with Gasteiger partial charge in [0.05, 0.1) is 0 Å². The van der Waals surface area contributed by atoms with Gasteiger partial charge < -0.3 is 0 Å². The fraction of sp³-hybridized carbons (Fsp3) is 0.800. The van der Waals surface area contributed by atoms with Crippen LogP contribution in [0.5, 0.6) is 0 Å². The first kappa shape index (κ1) is 10.6. The van der Waals surface area contributed by atoms with Gasteiger partial charge >= 0.3 is 0 Å². The summed E-state index contributed by atoms with van der Waals surface area (Å²) in [4.78, 5) is 11.9. The molecule has 0 aromatic rings. The van der Waals surface area contributed by atoms with Gasteiger partial charge in [-0.2, -0.15) is 0 Å². The van der Waals surface area contributed by atoms with Crippen molar-refractivity contribution in [2.75, 3.05) is 0 Å². The van der Waals surface area contributed by atoms with E-state index in [1.165, 1.54) is 38.5 Å². The molecule has 1 heteroatoms. The lowest BCUT2D eigenvalue weighted by Crippen LogP contribution is -2.46. The molecule has 4 aliphatic rings. The van der Waals surface area contributed by atoms with Gasteiger partial charge in [-0.3, -0.25) is 4.79 Å². The van der Waals surface area contributed by atoms with Crippen LogP contribution in [0.3, 0.4) is 0 Å². The number of Topliss-reactive ketones (excluding diaryl/α,β-unsaturated/α-hetero) is 1. The van der Waals surface area contributed by atoms with E-state index in [1.54, 1.807) is 6.08 Å². The van der Waals surface area contributed by atoms with Crippen LogP contribution in [-0.2, 0) is 4.79 Å². The molecule has 16 heavy (non-hydrogen) atoms. The fourth-order valence-electron chi connectivity index (χ4n) is 5.16. The minimum atomic E-state index is 0.425. The smallest absolute Gasteiger partial charge is 0.137 e. The lowest BCUT2D eigenvalue weighted by atomic mass is 9.48. The number of allylic oxidation sites excluding steroid dienone is 1. The number of ketones is 1. The first-order valence-electron chi connectivity index (χ1n) is 6.82. The summed E-state index contributed by atoms with van der Waals surface area (Å²) in [6.45, 7) is 3.67. The summed E-state index contributed by atoms with van der Waals surface area (Å²) >= 11 is 0. The predicted molar refractivity (Wildman–Crippen MR) is 65.0 cm³/mol. The van der Waals surface area contributed by atoms with Gasteiger partial charge in [0.25, 0.3) is 0 Å². The largest absolute Gasteiger partial charge is 0.299 e. The Morgan fingerprint density at radius 2 is 1.62 bits per heavy atom. The molecule has 0 atom stereocenters. The average molecular weight is 218 g/mol. The highest BCUT2D eigenvalue weighted by Gasteiger charge is 2.51. The molecule has 0 saturated heterocycles. The van der Waals surface area contributed by atoms with Gasteiger partial charge in [-0.15, -0.1) is 6.58 Å². The number of rotatable bonds is 4. The number of hydrogen-bond acceptors (Lipinski definition) is 1. The van der Waals surface area contributed by atoms with E-state index in [-0.39, 0.29) is 0 Å². The monoisotopic (exact) mass is 218 g/mol. The van der Waals surface area contributed by atoms with E-state index in [2.05, 4.69) is 6.58 Å². The zero-order valence-electron chi connectivity index (χ0n) is 10.1. The molecule has 1 nitrogen and oxygen atoms in total. The number of carbonyl (C=O) groups excluding carboxylic acids is 1. The van der Waals surface area contributed by atoms with Crippen LogP contribution >= 0.6 is 0 Å². The second-order valence-electron chi connectivity index (χ2n) is 6.63. The Morgan fingerprint density at radius 1 is 1.12 bits per heavy atom. The van der Waals surface area contributed by atoms with Crippen molar-refractivity contribution in [1.82, 2.24) is 0 Å². The Morgan fingerprint density at radius 3 is 2.06 bits per heavy atom. The molecule has 88 valence electrons. The molecule has 0 radical (unpaired) electrons. The van der Waals surface area contributed by atoms with E-state index in [9.17, 15) is 4.79 Å². The summed E-state index contributed by atoms with van der Waals surface area (Å²) in [6, 6.07) is 0. The third-order valence-corrected chi connectivity index (χ3v) is 5.11. The van der Waals surface area contributed by atoms with Crippen LogP contribution in [0.4, 0.5) is 0 Å². The van der Waals surface area contributed by atoms with Crippen LogP contribution in [0.15, 0.2) is 12.7 Å². The molecule has 0 unspecified atom stereocenters. The lowest BCUT2D eigenvalue weighted by molar-refractivity contribution is -0.126. The highest BCUT2D eigenvalue weighted by Crippen LogP contribution is 2.61. The molecule has 4 saturated carbocycles. The van der Waals surface area contributed by atoms with E-state index in [0.717, 1.165) is 24.2 Å². The molecule has 0 amide bonds. The van der Waals surface area contributed by atoms with Crippen molar-refractivity contribution in [2.45, 2.75) is 51.4 Å². The second kappa shape index (κ2) is 3.72. The highest BCUT2D eigenvalue weighted by molar-refractivity contribution is 5.80. The molecule has 4 bridgehead atoms. The molecule has 4 fully saturated rings. The van der Waals surface area contributed by atoms with Crippen LogP contribution in [0.1, 0.15) is 51.4 Å². The quantitative estimate of drug-likeness (QED) is 0.657. The maximum Gasteiger partial charge on any atom is 0.137 e. The van der Waals surface area contributed by atoms with E-state index < -0.39 is 0 Å². The van der Waals surface area contributed by atoms with Gasteiger partial charge in [0.15, 0.2) is 0 Å². The van der Waals surface area contributed by atoms with Crippen LogP contribution in [0.25, 0.3) is 0 Å². The van der Waals surface area contributed by atoms with E-state index in [4.69, 9.17) is 0 Å². The SMILES string of the molecule is C=CCC(=O)CC12CC3CC(CC(C3)C1)C2. The Balaban J connectivity index is 1.73. The maximum atomic E-state index is 11.9. The van der Waals surface area contributed by atoms with E-state index in [1.807, 2.05) is 0 Å². The van der Waals surface area contributed by atoms with Gasteiger partial charge in [0.2, 0.25) is 0 Å². The van der Waals surface area contributed by atoms with Crippen molar-refractivity contribution in [3.63, 3.8) is 0 Å². The van der Waals surface area contributed by atoms with Gasteiger partial charge in [0, 0.05) is 12.8 Å². The molecule has 4 rings (SSSR count). The molecule has 0 aromatic heterocycles. The molecule has 0 N–H and O–H groups in total. The number of hydrogen-bond donors (Lipinski definition) is 0. The molecule has 0 heterocycles. The first-order chi connectivity index (χ1) is 7.69. The zero-order valence-corrected chi connectivity index (χ0v) is 10.1. The topological polar surface area (TPSA) is 17.1 Å². The average Bonchev–Trinajstić information content (AvgIpc) is 2.13. The summed E-state index contributed by atoms with van der Waals surface area (Å²) in [5.41, 5.74) is 0.425. The Labute approximate surface area is 98.3 Å². The molecular formula is C15H22O. The van der Waals surface area contributed by atoms with Crippen molar-refractivity contribution < 1.29 is 4.79 Å². The van der Waals surface area contributed by atoms with E-state index >= 15 is 0 Å². The third kappa shape index (κ3) is 1.74. The predicted octanol–water partition coefficient (Wildman–Crippen LogP) is 3.74. The molecule has 0 aliphatic heterocycles. The third-order valence-electron chi connectivity index (χ3n) is 5.11. The van der Waals surface area contributed by atoms with Gasteiger partial charge in [-0.1, -0.05) is 6.08 Å². The molecule has 0 aromatic carbocycles. The van der Waals surface area contributed by atoms with Crippen molar-refractivity contribution in [3.05, 3.63) is 12.7 Å². The van der Waals surface area contributed by atoms with Crippen molar-refractivity contribution in [1.29, 1.82) is 0 Å². The highest BCUT2D eigenvalue weighted by atomic mass is 16.1. The van der Waals surface area contributed by atoms with Crippen molar-refractivity contribution in [2.24, 2.45) is 23.2 Å². The van der Waals surface area contributed by atoms with Crippen LogP contribution in [-0.4, -0.2) is 5.78 Å². The minimum absolute atomic E-state index is 0.425. The normalized spacial score (nSPS) is 44.6. The van der Waals surface area contributed by atoms with Crippen LogP contribution in [0.2, 0.25) is 0 Å². The van der Waals surface area contributed by atoms with Gasteiger partial charge in [0.1, 0.15) is 5.78 Å². The first-order valence-corrected chi connectivity index (χ1v) is 6.82. The summed E-state index contributed by atoms with van der Waals surface area (Å²) < 4.78 is 0. The molecular weight excluding hydrogens is 196 g/mol. The zero-order chi connectivity index (χ0) is 11.2. The minimum Gasteiger partial charge on any atom is -0.299 e. The Kier molecular flexibility index (Phi) is 2.45. The summed E-state index contributed by atoms with van der Waals surface area (Å²) in [5, 5.41) is 0. The second-order valence-corrected chi connectivity index (χ2v) is 6.63. The summed E-state index contributed by atoms with van der Waals surface area (Å²) in [6.07, 6.45) is 11.7. The molecule has 0 spiro atoms. The number of carbonyl (C=O) groups is 1. The summed E-state index contributed by atoms with van der Waals surface area (Å²) in [7, 11) is 0. The van der Waals surface area contributed by atoms with Crippen molar-refractivity contribution >= 4 is 5.78 Å². The van der Waals surface area contributed by atoms with Gasteiger partial charge in [-0.05, 0) is 61.7 Å². The maximum absolute atomic E-state index is 11.9. The Hall–Kier alpha value is -0.590. The van der Waals surface area contributed by atoms with Crippen molar-refractivity contribution in [3.8, 4) is 0 Å². The summed E-state index contributed by atoms with van der Waals surface area (Å²) in [5.74, 6) is 3.31. The standard InChI is InChI=1S/C15H22O/c1-2-3-14(16)10-15-7-11-4-12(8-15)6-13(5-11)9-15/h2,11-13H,1,3-10H2. The van der Waals surface area contributed by atoms with Crippen LogP contribution in [0, 0.1) is 23.2 Å².